The average molecular weight is 340 g/mol. The minimum atomic E-state index is -0.517. The first-order valence-electron chi connectivity index (χ1n) is 7.71. The first kappa shape index (κ1) is 16.5. The van der Waals surface area contributed by atoms with Crippen LogP contribution in [0, 0.1) is 17.0 Å². The summed E-state index contributed by atoms with van der Waals surface area (Å²) in [5, 5.41) is 14.2. The van der Waals surface area contributed by atoms with Crippen molar-refractivity contribution in [2.75, 3.05) is 11.9 Å². The highest BCUT2D eigenvalue weighted by molar-refractivity contribution is 6.06. The molecule has 0 radical (unpaired) electrons. The van der Waals surface area contributed by atoms with Crippen molar-refractivity contribution in [3.05, 3.63) is 63.9 Å². The summed E-state index contributed by atoms with van der Waals surface area (Å²) in [6.07, 6.45) is 0. The molecule has 0 aliphatic heterocycles. The van der Waals surface area contributed by atoms with E-state index in [1.807, 2.05) is 13.0 Å². The van der Waals surface area contributed by atoms with E-state index in [9.17, 15) is 14.9 Å². The van der Waals surface area contributed by atoms with Crippen molar-refractivity contribution in [2.24, 2.45) is 0 Å². The number of anilines is 1. The number of furan rings is 1. The van der Waals surface area contributed by atoms with Crippen molar-refractivity contribution in [1.29, 1.82) is 0 Å². The molecule has 3 rings (SSSR count). The van der Waals surface area contributed by atoms with Crippen LogP contribution in [0.3, 0.4) is 0 Å². The highest BCUT2D eigenvalue weighted by atomic mass is 16.6. The quantitative estimate of drug-likeness (QED) is 0.552. The van der Waals surface area contributed by atoms with Crippen LogP contribution in [0.15, 0.2) is 46.9 Å². The van der Waals surface area contributed by atoms with E-state index < -0.39 is 10.8 Å². The molecule has 2 aromatic carbocycles. The molecule has 1 N–H and O–H groups in total. The standard InChI is InChI=1S/C18H16N2O5/c1-3-24-14-7-8-16-15(10-14)11(2)17(25-16)18(21)19-12-5-4-6-13(9-12)20(22)23/h4-10H,3H2,1-2H3,(H,19,21). The lowest BCUT2D eigenvalue weighted by atomic mass is 10.1. The number of hydrogen-bond acceptors (Lipinski definition) is 5. The normalized spacial score (nSPS) is 10.6. The van der Waals surface area contributed by atoms with Crippen LogP contribution in [0.1, 0.15) is 23.0 Å². The van der Waals surface area contributed by atoms with E-state index in [-0.39, 0.29) is 11.4 Å². The van der Waals surface area contributed by atoms with E-state index in [0.29, 0.717) is 29.2 Å². The maximum atomic E-state index is 12.5. The Labute approximate surface area is 143 Å². The number of carbonyl (C=O) groups is 1. The molecule has 128 valence electrons. The number of nitrogens with zero attached hydrogens (tertiary/aromatic N) is 1. The molecule has 0 atom stereocenters. The fourth-order valence-electron chi connectivity index (χ4n) is 2.56. The van der Waals surface area contributed by atoms with Crippen LogP contribution in [0.4, 0.5) is 11.4 Å². The van der Waals surface area contributed by atoms with E-state index in [1.165, 1.54) is 18.2 Å². The molecule has 0 fully saturated rings. The Balaban J connectivity index is 1.90. The average Bonchev–Trinajstić information content (AvgIpc) is 2.92. The lowest BCUT2D eigenvalue weighted by Gasteiger charge is -2.03. The van der Waals surface area contributed by atoms with Gasteiger partial charge in [-0.05, 0) is 38.1 Å². The second-order valence-corrected chi connectivity index (χ2v) is 5.41. The molecule has 0 spiro atoms. The van der Waals surface area contributed by atoms with Crippen LogP contribution in [-0.4, -0.2) is 17.4 Å². The number of fused-ring (bicyclic) bond motifs is 1. The zero-order valence-corrected chi connectivity index (χ0v) is 13.7. The summed E-state index contributed by atoms with van der Waals surface area (Å²) < 4.78 is 11.1. The van der Waals surface area contributed by atoms with E-state index >= 15 is 0 Å². The zero-order valence-electron chi connectivity index (χ0n) is 13.7. The van der Waals surface area contributed by atoms with Gasteiger partial charge in [-0.15, -0.1) is 0 Å². The second kappa shape index (κ2) is 6.64. The van der Waals surface area contributed by atoms with Gasteiger partial charge in [0.15, 0.2) is 5.76 Å². The molecule has 1 aromatic heterocycles. The molecular formula is C18H16N2O5. The van der Waals surface area contributed by atoms with Crippen LogP contribution in [0.5, 0.6) is 5.75 Å². The molecule has 25 heavy (non-hydrogen) atoms. The molecule has 0 aliphatic rings. The number of amides is 1. The molecule has 0 bridgehead atoms. The summed E-state index contributed by atoms with van der Waals surface area (Å²) in [6.45, 7) is 4.22. The SMILES string of the molecule is CCOc1ccc2oc(C(=O)Nc3cccc([N+](=O)[O-])c3)c(C)c2c1. The second-order valence-electron chi connectivity index (χ2n) is 5.41. The Bertz CT molecular complexity index is 961. The summed E-state index contributed by atoms with van der Waals surface area (Å²) in [4.78, 5) is 22.8. The third kappa shape index (κ3) is 3.30. The van der Waals surface area contributed by atoms with Gasteiger partial charge < -0.3 is 14.5 Å². The van der Waals surface area contributed by atoms with Gasteiger partial charge >= 0.3 is 0 Å². The molecule has 1 heterocycles. The largest absolute Gasteiger partial charge is 0.494 e. The fourth-order valence-corrected chi connectivity index (χ4v) is 2.56. The monoisotopic (exact) mass is 340 g/mol. The van der Waals surface area contributed by atoms with Crippen molar-refractivity contribution < 1.29 is 18.9 Å². The third-order valence-corrected chi connectivity index (χ3v) is 3.74. The number of hydrogen-bond donors (Lipinski definition) is 1. The Hall–Kier alpha value is -3.35. The van der Waals surface area contributed by atoms with Crippen molar-refractivity contribution >= 4 is 28.3 Å². The van der Waals surface area contributed by atoms with Crippen LogP contribution in [-0.2, 0) is 0 Å². The van der Waals surface area contributed by atoms with Gasteiger partial charge in [0.1, 0.15) is 11.3 Å². The summed E-state index contributed by atoms with van der Waals surface area (Å²) in [5.41, 5.74) is 1.49. The van der Waals surface area contributed by atoms with Crippen LogP contribution >= 0.6 is 0 Å². The van der Waals surface area contributed by atoms with Gasteiger partial charge in [-0.1, -0.05) is 6.07 Å². The van der Waals surface area contributed by atoms with E-state index in [0.717, 1.165) is 5.39 Å². The Kier molecular flexibility index (Phi) is 4.38. The number of nitro groups is 1. The number of ether oxygens (including phenoxy) is 1. The predicted octanol–water partition coefficient (Wildman–Crippen LogP) is 4.30. The van der Waals surface area contributed by atoms with Crippen molar-refractivity contribution in [3.63, 3.8) is 0 Å². The van der Waals surface area contributed by atoms with Gasteiger partial charge in [-0.25, -0.2) is 0 Å². The highest BCUT2D eigenvalue weighted by Gasteiger charge is 2.19. The molecule has 3 aromatic rings. The molecule has 0 unspecified atom stereocenters. The minimum Gasteiger partial charge on any atom is -0.494 e. The molecule has 0 aliphatic carbocycles. The molecule has 0 saturated heterocycles. The first-order chi connectivity index (χ1) is 12.0. The summed E-state index contributed by atoms with van der Waals surface area (Å²) >= 11 is 0. The van der Waals surface area contributed by atoms with E-state index in [4.69, 9.17) is 9.15 Å². The van der Waals surface area contributed by atoms with Gasteiger partial charge in [0.25, 0.3) is 11.6 Å². The highest BCUT2D eigenvalue weighted by Crippen LogP contribution is 2.29. The minimum absolute atomic E-state index is 0.0968. The van der Waals surface area contributed by atoms with Gasteiger partial charge in [0.2, 0.25) is 0 Å². The van der Waals surface area contributed by atoms with Crippen LogP contribution in [0.2, 0.25) is 0 Å². The molecule has 0 saturated carbocycles. The lowest BCUT2D eigenvalue weighted by Crippen LogP contribution is -2.12. The van der Waals surface area contributed by atoms with Crippen molar-refractivity contribution in [3.8, 4) is 5.75 Å². The smallest absolute Gasteiger partial charge is 0.291 e. The number of rotatable bonds is 5. The van der Waals surface area contributed by atoms with E-state index in [2.05, 4.69) is 5.32 Å². The maximum Gasteiger partial charge on any atom is 0.291 e. The summed E-state index contributed by atoms with van der Waals surface area (Å²) in [5.74, 6) is 0.395. The number of non-ortho nitro benzene ring substituents is 1. The number of aryl methyl sites for hydroxylation is 1. The Morgan fingerprint density at radius 2 is 2.08 bits per heavy atom. The predicted molar refractivity (Wildman–Crippen MR) is 93.2 cm³/mol. The Morgan fingerprint density at radius 3 is 2.80 bits per heavy atom. The summed E-state index contributed by atoms with van der Waals surface area (Å²) in [7, 11) is 0. The lowest BCUT2D eigenvalue weighted by molar-refractivity contribution is -0.384. The van der Waals surface area contributed by atoms with Gasteiger partial charge in [0, 0.05) is 28.8 Å². The number of nitro benzene ring substituents is 1. The van der Waals surface area contributed by atoms with Crippen LogP contribution in [0.25, 0.3) is 11.0 Å². The molecular weight excluding hydrogens is 324 g/mol. The first-order valence-corrected chi connectivity index (χ1v) is 7.71. The molecule has 7 heteroatoms. The zero-order chi connectivity index (χ0) is 18.0. The summed E-state index contributed by atoms with van der Waals surface area (Å²) in [6, 6.07) is 11.1. The van der Waals surface area contributed by atoms with Gasteiger partial charge in [-0.3, -0.25) is 14.9 Å². The Morgan fingerprint density at radius 1 is 1.28 bits per heavy atom. The van der Waals surface area contributed by atoms with Gasteiger partial charge in [0.05, 0.1) is 11.5 Å². The fraction of sp³-hybridized carbons (Fsp3) is 0.167. The van der Waals surface area contributed by atoms with Crippen molar-refractivity contribution in [1.82, 2.24) is 0 Å². The molecule has 1 amide bonds. The molecule has 7 nitrogen and oxygen atoms in total. The number of nitrogens with one attached hydrogen (secondary N) is 1. The van der Waals surface area contributed by atoms with Crippen LogP contribution < -0.4 is 10.1 Å². The van der Waals surface area contributed by atoms with E-state index in [1.54, 1.807) is 25.1 Å². The maximum absolute atomic E-state index is 12.5. The van der Waals surface area contributed by atoms with Gasteiger partial charge in [-0.2, -0.15) is 0 Å². The number of benzene rings is 2. The topological polar surface area (TPSA) is 94.6 Å². The third-order valence-electron chi connectivity index (χ3n) is 3.74. The van der Waals surface area contributed by atoms with Crippen molar-refractivity contribution in [2.45, 2.75) is 13.8 Å². The number of carbonyl (C=O) groups excluding carboxylic acids is 1.